The summed E-state index contributed by atoms with van der Waals surface area (Å²) in [5, 5.41) is 3.45. The second-order valence-electron chi connectivity index (χ2n) is 4.32. The van der Waals surface area contributed by atoms with E-state index in [0.29, 0.717) is 23.4 Å². The fourth-order valence-electron chi connectivity index (χ4n) is 1.76. The predicted molar refractivity (Wildman–Crippen MR) is 80.3 cm³/mol. The highest BCUT2D eigenvalue weighted by Crippen LogP contribution is 2.15. The molecule has 0 aliphatic rings. The average Bonchev–Trinajstić information content (AvgIpc) is 2.91. The van der Waals surface area contributed by atoms with Crippen LogP contribution in [0.3, 0.4) is 0 Å². The molecule has 1 heterocycles. The highest BCUT2D eigenvalue weighted by molar-refractivity contribution is 7.89. The van der Waals surface area contributed by atoms with Gasteiger partial charge in [0.15, 0.2) is 6.33 Å². The van der Waals surface area contributed by atoms with E-state index in [2.05, 4.69) is 14.9 Å². The van der Waals surface area contributed by atoms with E-state index < -0.39 is 10.0 Å². The number of sulfonamides is 1. The lowest BCUT2D eigenvalue weighted by atomic mass is 10.1. The number of hydrogen-bond donors (Lipinski definition) is 2. The summed E-state index contributed by atoms with van der Waals surface area (Å²) in [7, 11) is -3.60. The SMILES string of the molecule is Cc1cc(S(=O)(=O)NCCc2ncno2)ccc1C(N)=S. The van der Waals surface area contributed by atoms with Gasteiger partial charge in [-0.1, -0.05) is 23.4 Å². The van der Waals surface area contributed by atoms with Crippen molar-refractivity contribution in [2.45, 2.75) is 18.2 Å². The van der Waals surface area contributed by atoms with Crippen LogP contribution in [0.5, 0.6) is 0 Å². The molecule has 21 heavy (non-hydrogen) atoms. The number of aromatic nitrogens is 2. The van der Waals surface area contributed by atoms with E-state index in [1.165, 1.54) is 18.5 Å². The van der Waals surface area contributed by atoms with Crippen molar-refractivity contribution < 1.29 is 12.9 Å². The maximum Gasteiger partial charge on any atom is 0.240 e. The summed E-state index contributed by atoms with van der Waals surface area (Å²) < 4.78 is 31.6. The molecule has 0 spiro atoms. The van der Waals surface area contributed by atoms with Crippen molar-refractivity contribution in [1.29, 1.82) is 0 Å². The summed E-state index contributed by atoms with van der Waals surface area (Å²) in [6.45, 7) is 1.92. The van der Waals surface area contributed by atoms with Crippen LogP contribution >= 0.6 is 12.2 Å². The number of benzene rings is 1. The Bertz CT molecular complexity index is 742. The minimum atomic E-state index is -3.60. The molecule has 112 valence electrons. The molecular formula is C12H14N4O3S2. The molecule has 0 aliphatic heterocycles. The normalized spacial score (nSPS) is 11.5. The van der Waals surface area contributed by atoms with Gasteiger partial charge in [-0.25, -0.2) is 13.1 Å². The van der Waals surface area contributed by atoms with Crippen molar-refractivity contribution in [1.82, 2.24) is 14.9 Å². The monoisotopic (exact) mass is 326 g/mol. The van der Waals surface area contributed by atoms with E-state index in [-0.39, 0.29) is 16.4 Å². The topological polar surface area (TPSA) is 111 Å². The molecule has 9 heteroatoms. The third kappa shape index (κ3) is 3.84. The molecule has 0 atom stereocenters. The molecule has 0 radical (unpaired) electrons. The van der Waals surface area contributed by atoms with Crippen LogP contribution in [0.2, 0.25) is 0 Å². The lowest BCUT2D eigenvalue weighted by molar-refractivity contribution is 0.377. The standard InChI is InChI=1S/C12H14N4O3S2/c1-8-6-9(2-3-10(8)12(13)20)21(17,18)16-5-4-11-14-7-15-19-11/h2-3,6-7,16H,4-5H2,1H3,(H2,13,20). The van der Waals surface area contributed by atoms with Gasteiger partial charge in [0.25, 0.3) is 0 Å². The first-order valence-corrected chi connectivity index (χ1v) is 7.95. The van der Waals surface area contributed by atoms with Gasteiger partial charge < -0.3 is 10.3 Å². The molecule has 2 aromatic rings. The summed E-state index contributed by atoms with van der Waals surface area (Å²) in [4.78, 5) is 4.21. The number of nitrogens with one attached hydrogen (secondary N) is 1. The van der Waals surface area contributed by atoms with Gasteiger partial charge >= 0.3 is 0 Å². The van der Waals surface area contributed by atoms with Crippen LogP contribution in [-0.2, 0) is 16.4 Å². The summed E-state index contributed by atoms with van der Waals surface area (Å²) in [6.07, 6.45) is 1.59. The highest BCUT2D eigenvalue weighted by Gasteiger charge is 2.15. The van der Waals surface area contributed by atoms with Gasteiger partial charge in [-0.05, 0) is 24.6 Å². The molecule has 0 unspecified atom stereocenters. The fourth-order valence-corrected chi connectivity index (χ4v) is 3.11. The van der Waals surface area contributed by atoms with Crippen LogP contribution in [0.1, 0.15) is 17.0 Å². The van der Waals surface area contributed by atoms with Gasteiger partial charge in [-0.2, -0.15) is 4.98 Å². The minimum absolute atomic E-state index is 0.158. The average molecular weight is 326 g/mol. The molecule has 0 bridgehead atoms. The number of aryl methyl sites for hydroxylation is 1. The first kappa shape index (κ1) is 15.5. The summed E-state index contributed by atoms with van der Waals surface area (Å²) in [6, 6.07) is 4.60. The smallest absolute Gasteiger partial charge is 0.240 e. The van der Waals surface area contributed by atoms with E-state index in [9.17, 15) is 8.42 Å². The first-order valence-electron chi connectivity index (χ1n) is 6.06. The van der Waals surface area contributed by atoms with Crippen molar-refractivity contribution in [2.75, 3.05) is 6.54 Å². The molecular weight excluding hydrogens is 312 g/mol. The van der Waals surface area contributed by atoms with Gasteiger partial charge in [-0.3, -0.25) is 0 Å². The van der Waals surface area contributed by atoms with Crippen molar-refractivity contribution in [2.24, 2.45) is 5.73 Å². The van der Waals surface area contributed by atoms with Crippen LogP contribution in [-0.4, -0.2) is 30.1 Å². The Morgan fingerprint density at radius 2 is 2.24 bits per heavy atom. The van der Waals surface area contributed by atoms with Gasteiger partial charge in [0.05, 0.1) is 4.90 Å². The van der Waals surface area contributed by atoms with Gasteiger partial charge in [-0.15, -0.1) is 0 Å². The van der Waals surface area contributed by atoms with Crippen LogP contribution in [0.15, 0.2) is 33.9 Å². The zero-order valence-corrected chi connectivity index (χ0v) is 12.9. The second-order valence-corrected chi connectivity index (χ2v) is 6.53. The number of hydrogen-bond acceptors (Lipinski definition) is 6. The molecule has 0 saturated carbocycles. The highest BCUT2D eigenvalue weighted by atomic mass is 32.2. The quantitative estimate of drug-likeness (QED) is 0.745. The van der Waals surface area contributed by atoms with Crippen molar-refractivity contribution in [3.63, 3.8) is 0 Å². The number of nitrogens with two attached hydrogens (primary N) is 1. The van der Waals surface area contributed by atoms with E-state index in [1.807, 2.05) is 0 Å². The van der Waals surface area contributed by atoms with Gasteiger partial charge in [0, 0.05) is 18.5 Å². The Balaban J connectivity index is 2.08. The summed E-state index contributed by atoms with van der Waals surface area (Å²) in [5.41, 5.74) is 6.92. The van der Waals surface area contributed by atoms with Crippen molar-refractivity contribution in [3.05, 3.63) is 41.5 Å². The van der Waals surface area contributed by atoms with Crippen LogP contribution in [0.4, 0.5) is 0 Å². The molecule has 1 aromatic carbocycles. The van der Waals surface area contributed by atoms with E-state index in [1.54, 1.807) is 13.0 Å². The van der Waals surface area contributed by atoms with Gasteiger partial charge in [0.2, 0.25) is 15.9 Å². The zero-order chi connectivity index (χ0) is 15.5. The van der Waals surface area contributed by atoms with E-state index in [4.69, 9.17) is 22.5 Å². The Hall–Kier alpha value is -1.84. The summed E-state index contributed by atoms with van der Waals surface area (Å²) >= 11 is 4.89. The maximum atomic E-state index is 12.2. The van der Waals surface area contributed by atoms with Crippen LogP contribution in [0.25, 0.3) is 0 Å². The fraction of sp³-hybridized carbons (Fsp3) is 0.250. The predicted octanol–water partition coefficient (Wildman–Crippen LogP) is 0.533. The second kappa shape index (κ2) is 6.29. The number of thiocarbonyl (C=S) groups is 1. The summed E-state index contributed by atoms with van der Waals surface area (Å²) in [5.74, 6) is 0.373. The molecule has 0 aliphatic carbocycles. The molecule has 0 amide bonds. The molecule has 0 fully saturated rings. The molecule has 7 nitrogen and oxygen atoms in total. The van der Waals surface area contributed by atoms with Crippen LogP contribution in [0, 0.1) is 6.92 Å². The Morgan fingerprint density at radius 3 is 2.81 bits per heavy atom. The minimum Gasteiger partial charge on any atom is -0.389 e. The first-order chi connectivity index (χ1) is 9.90. The van der Waals surface area contributed by atoms with Crippen LogP contribution < -0.4 is 10.5 Å². The lowest BCUT2D eigenvalue weighted by Crippen LogP contribution is -2.26. The van der Waals surface area contributed by atoms with E-state index in [0.717, 1.165) is 0 Å². The third-order valence-electron chi connectivity index (χ3n) is 2.81. The zero-order valence-electron chi connectivity index (χ0n) is 11.2. The van der Waals surface area contributed by atoms with Crippen molar-refractivity contribution >= 4 is 27.2 Å². The molecule has 3 N–H and O–H groups in total. The van der Waals surface area contributed by atoms with Gasteiger partial charge in [0.1, 0.15) is 4.99 Å². The number of nitrogens with zero attached hydrogens (tertiary/aromatic N) is 2. The largest absolute Gasteiger partial charge is 0.389 e. The van der Waals surface area contributed by atoms with Crippen molar-refractivity contribution in [3.8, 4) is 0 Å². The third-order valence-corrected chi connectivity index (χ3v) is 4.49. The lowest BCUT2D eigenvalue weighted by Gasteiger charge is -2.09. The molecule has 1 aromatic heterocycles. The number of rotatable bonds is 6. The molecule has 0 saturated heterocycles. The van der Waals surface area contributed by atoms with E-state index >= 15 is 0 Å². The molecule has 2 rings (SSSR count). The Morgan fingerprint density at radius 1 is 1.48 bits per heavy atom. The Labute approximate surface area is 127 Å². The Kier molecular flexibility index (Phi) is 4.66. The maximum absolute atomic E-state index is 12.2.